The Bertz CT molecular complexity index is 2160. The van der Waals surface area contributed by atoms with Gasteiger partial charge >= 0.3 is 0 Å². The highest BCUT2D eigenvalue weighted by Gasteiger charge is 2.71. The minimum absolute atomic E-state index is 0.00654. The molecular weight excluding hydrogens is 1090 g/mol. The minimum Gasteiger partial charge on any atom is -0.394 e. The highest BCUT2D eigenvalue weighted by molar-refractivity contribution is 5.82. The van der Waals surface area contributed by atoms with Gasteiger partial charge in [-0.1, -0.05) is 46.3 Å². The molecule has 5 heterocycles. The molecule has 0 bridgehead atoms. The van der Waals surface area contributed by atoms with E-state index in [1.54, 1.807) is 6.92 Å². The van der Waals surface area contributed by atoms with Crippen molar-refractivity contribution < 1.29 is 134 Å². The number of ether oxygens (including phenoxy) is 10. The fraction of sp³-hybridized carbons (Fsp3) is 0.945. The summed E-state index contributed by atoms with van der Waals surface area (Å²) in [5.41, 5.74) is -1.86. The van der Waals surface area contributed by atoms with E-state index in [-0.39, 0.29) is 54.5 Å². The summed E-state index contributed by atoms with van der Waals surface area (Å²) in [6.45, 7) is 7.06. The predicted octanol–water partition coefficient (Wildman–Crippen LogP) is -4.95. The van der Waals surface area contributed by atoms with E-state index in [0.29, 0.717) is 51.4 Å². The summed E-state index contributed by atoms with van der Waals surface area (Å²) >= 11 is 0. The van der Waals surface area contributed by atoms with Gasteiger partial charge in [-0.15, -0.1) is 0 Å². The Hall–Kier alpha value is -1.63. The number of aliphatic hydroxyl groups is 16. The van der Waals surface area contributed by atoms with E-state index in [2.05, 4.69) is 13.0 Å². The number of fused-ring (bicyclic) bond motifs is 5. The lowest BCUT2D eigenvalue weighted by atomic mass is 9.46. The van der Waals surface area contributed by atoms with Crippen LogP contribution in [0.4, 0.5) is 0 Å². The fourth-order valence-electron chi connectivity index (χ4n) is 15.1. The molecule has 8 fully saturated rings. The number of carbonyl (C=O) groups excluding carboxylic acids is 1. The van der Waals surface area contributed by atoms with Crippen molar-refractivity contribution in [3.8, 4) is 0 Å². The maximum Gasteiger partial charge on any atom is 0.187 e. The molecule has 5 aliphatic heterocycles. The summed E-state index contributed by atoms with van der Waals surface area (Å²) in [5.74, 6) is -0.885. The van der Waals surface area contributed by atoms with Gasteiger partial charge in [0.15, 0.2) is 31.5 Å². The van der Waals surface area contributed by atoms with Crippen molar-refractivity contribution in [1.29, 1.82) is 0 Å². The molecule has 32 atom stereocenters. The first-order chi connectivity index (χ1) is 38.7. The summed E-state index contributed by atoms with van der Waals surface area (Å²) in [7, 11) is 0. The number of hydrogen-bond donors (Lipinski definition) is 16. The number of Topliss-reactive ketones (excluding diaryl/α,β-unsaturated/α-hetero) is 1. The molecule has 9 aliphatic rings. The molecule has 5 saturated heterocycles. The van der Waals surface area contributed by atoms with Gasteiger partial charge in [0.1, 0.15) is 121 Å². The van der Waals surface area contributed by atoms with Crippen LogP contribution < -0.4 is 0 Å². The van der Waals surface area contributed by atoms with Gasteiger partial charge in [0, 0.05) is 17.8 Å². The Morgan fingerprint density at radius 1 is 0.610 bits per heavy atom. The molecule has 27 heteroatoms. The lowest BCUT2D eigenvalue weighted by Gasteiger charge is -2.59. The SMILES string of the molecule is CC(C)CCC(=O)[C@@H](C)[C@@]1(O)[C@@H](O[C@@H]2OC[C@H](O)[C@H](O[C@@H]3OC[C@@H](O)[C@H](O)[C@H]3O)[C@H]2O)C[C@H]2[C@@H]3CC=C4C[C@@H](O[C@@H]5O[C@H](CO[C@@H]6O[C@H](CO)[C@@H](O[C@@H]7O[C@H](CO)[C@@H](O)[C@H](O)[C@H]7O)[C@H](O)[C@H]6O)[C@@H](O)[C@H](O)[C@H]5O)CC[C@]4(C)[C@H]3CC[C@@]21C. The minimum atomic E-state index is -1.90. The first-order valence-corrected chi connectivity index (χ1v) is 29.1. The topological polar surface area (TPSA) is 433 Å². The van der Waals surface area contributed by atoms with Crippen molar-refractivity contribution in [2.45, 2.75) is 252 Å². The van der Waals surface area contributed by atoms with Crippen LogP contribution in [-0.2, 0) is 52.2 Å². The van der Waals surface area contributed by atoms with Crippen LogP contribution in [0.15, 0.2) is 11.6 Å². The van der Waals surface area contributed by atoms with Crippen molar-refractivity contribution in [2.75, 3.05) is 33.0 Å². The zero-order valence-corrected chi connectivity index (χ0v) is 46.9. The zero-order valence-electron chi connectivity index (χ0n) is 46.9. The predicted molar refractivity (Wildman–Crippen MR) is 273 cm³/mol. The van der Waals surface area contributed by atoms with Gasteiger partial charge in [-0.25, -0.2) is 0 Å². The largest absolute Gasteiger partial charge is 0.394 e. The van der Waals surface area contributed by atoms with Gasteiger partial charge in [-0.2, -0.15) is 0 Å². The van der Waals surface area contributed by atoms with Crippen LogP contribution in [0.2, 0.25) is 0 Å². The van der Waals surface area contributed by atoms with Crippen molar-refractivity contribution >= 4 is 5.78 Å². The Morgan fingerprint density at radius 3 is 1.84 bits per heavy atom. The lowest BCUT2D eigenvalue weighted by Crippen LogP contribution is -2.65. The molecule has 82 heavy (non-hydrogen) atoms. The third-order valence-corrected chi connectivity index (χ3v) is 20.3. The summed E-state index contributed by atoms with van der Waals surface area (Å²) < 4.78 is 58.7. The van der Waals surface area contributed by atoms with E-state index in [4.69, 9.17) is 47.4 Å². The third-order valence-electron chi connectivity index (χ3n) is 20.3. The summed E-state index contributed by atoms with van der Waals surface area (Å²) in [5, 5.41) is 173. The van der Waals surface area contributed by atoms with Crippen molar-refractivity contribution in [3.63, 3.8) is 0 Å². The highest BCUT2D eigenvalue weighted by atomic mass is 16.8. The van der Waals surface area contributed by atoms with Crippen LogP contribution in [0.25, 0.3) is 0 Å². The molecule has 4 aliphatic carbocycles. The molecule has 0 unspecified atom stereocenters. The Morgan fingerprint density at radius 2 is 1.18 bits per heavy atom. The fourth-order valence-corrected chi connectivity index (χ4v) is 15.1. The summed E-state index contributed by atoms with van der Waals surface area (Å²) in [6.07, 6.45) is -32.2. The molecule has 0 radical (unpaired) electrons. The first-order valence-electron chi connectivity index (χ1n) is 29.1. The van der Waals surface area contributed by atoms with E-state index in [0.717, 1.165) is 5.57 Å². The van der Waals surface area contributed by atoms with E-state index >= 15 is 0 Å². The molecule has 0 aromatic heterocycles. The zero-order chi connectivity index (χ0) is 59.7. The van der Waals surface area contributed by atoms with Gasteiger partial charge in [-0.05, 0) is 80.5 Å². The standard InChI is InChI=1S/C55H90O27/c1-21(2)6-9-28(58)22(3)55(72)34(80-50-45(71)46(30(60)19-74-50)81-49-41(67)35(61)29(59)18-73-49)15-27-25-8-7-23-14-24(10-12-53(23,4)26(25)11-13-54(27,55)5)76-51-42(68)39(65)37(63)33(79-51)20-75-48-44(70)40(66)47(32(17-57)78-48)82-52-43(69)38(64)36(62)31(16-56)77-52/h7,21-22,24-27,29-52,56-57,59-72H,6,8-20H2,1-5H3/t22-,24+,25-,26+,27+,29-,30+,31-,32-,33-,34+,35+,36-,37-,38+,39+,40-,41-,42-,43-,44-,45-,46+,47-,48-,49+,50+,51-,52+,53+,54+,55-/m1/s1. The number of ketones is 1. The molecule has 3 saturated carbocycles. The average molecular weight is 1180 g/mol. The second kappa shape index (κ2) is 25.8. The van der Waals surface area contributed by atoms with Gasteiger partial charge in [-0.3, -0.25) is 4.79 Å². The van der Waals surface area contributed by atoms with Crippen LogP contribution in [0.5, 0.6) is 0 Å². The van der Waals surface area contributed by atoms with Gasteiger partial charge < -0.3 is 129 Å². The maximum absolute atomic E-state index is 14.2. The molecule has 472 valence electrons. The Labute approximate surface area is 475 Å². The van der Waals surface area contributed by atoms with Crippen LogP contribution >= 0.6 is 0 Å². The van der Waals surface area contributed by atoms with Gasteiger partial charge in [0.2, 0.25) is 0 Å². The van der Waals surface area contributed by atoms with E-state index < -0.39 is 190 Å². The second-order valence-corrected chi connectivity index (χ2v) is 25.5. The van der Waals surface area contributed by atoms with E-state index in [1.807, 2.05) is 20.8 Å². The number of carbonyl (C=O) groups is 1. The van der Waals surface area contributed by atoms with Crippen molar-refractivity contribution in [3.05, 3.63) is 11.6 Å². The molecule has 0 amide bonds. The van der Waals surface area contributed by atoms with Crippen molar-refractivity contribution in [2.24, 2.45) is 40.4 Å². The molecule has 27 nitrogen and oxygen atoms in total. The van der Waals surface area contributed by atoms with Crippen LogP contribution in [0.3, 0.4) is 0 Å². The summed E-state index contributed by atoms with van der Waals surface area (Å²) in [4.78, 5) is 14.2. The molecule has 0 aromatic rings. The molecule has 9 rings (SSSR count). The van der Waals surface area contributed by atoms with Crippen LogP contribution in [-0.4, -0.2) is 280 Å². The molecular formula is C55H90O27. The van der Waals surface area contributed by atoms with E-state index in [9.17, 15) is 86.5 Å². The molecule has 0 spiro atoms. The van der Waals surface area contributed by atoms with Crippen LogP contribution in [0.1, 0.15) is 92.4 Å². The number of aliphatic hydroxyl groups excluding tert-OH is 15. The third kappa shape index (κ3) is 11.9. The van der Waals surface area contributed by atoms with Gasteiger partial charge in [0.25, 0.3) is 0 Å². The number of allylic oxidation sites excluding steroid dienone is 1. The van der Waals surface area contributed by atoms with E-state index in [1.165, 1.54) is 0 Å². The smallest absolute Gasteiger partial charge is 0.187 e. The maximum atomic E-state index is 14.2. The molecule has 16 N–H and O–H groups in total. The van der Waals surface area contributed by atoms with Crippen LogP contribution in [0, 0.1) is 40.4 Å². The lowest BCUT2D eigenvalue weighted by molar-refractivity contribution is -0.365. The normalized spacial score (nSPS) is 52.1. The second-order valence-electron chi connectivity index (χ2n) is 25.5. The number of rotatable bonds is 18. The summed E-state index contributed by atoms with van der Waals surface area (Å²) in [6, 6.07) is 0. The Balaban J connectivity index is 0.858. The quantitative estimate of drug-likeness (QED) is 0.0572. The molecule has 0 aromatic carbocycles. The monoisotopic (exact) mass is 1180 g/mol. The highest BCUT2D eigenvalue weighted by Crippen LogP contribution is 2.69. The van der Waals surface area contributed by atoms with Gasteiger partial charge in [0.05, 0.1) is 45.2 Å². The first kappa shape index (κ1) is 64.8. The Kier molecular flexibility index (Phi) is 20.4. The number of hydrogen-bond acceptors (Lipinski definition) is 27. The van der Waals surface area contributed by atoms with Crippen molar-refractivity contribution in [1.82, 2.24) is 0 Å². The average Bonchev–Trinajstić information content (AvgIpc) is 3.21.